The lowest BCUT2D eigenvalue weighted by molar-refractivity contribution is 0.327. The lowest BCUT2D eigenvalue weighted by atomic mass is 10.1. The number of fused-ring (bicyclic) bond motifs is 1. The molecule has 3 aromatic heterocycles. The Kier molecular flexibility index (Phi) is 6.30. The third kappa shape index (κ3) is 4.26. The van der Waals surface area contributed by atoms with Crippen molar-refractivity contribution in [2.75, 3.05) is 19.5 Å². The Morgan fingerprint density at radius 2 is 1.59 bits per heavy atom. The van der Waals surface area contributed by atoms with Gasteiger partial charge in [-0.3, -0.25) is 9.67 Å². The number of pyridine rings is 1. The number of hydrogen-bond acceptors (Lipinski definition) is 7. The van der Waals surface area contributed by atoms with Crippen LogP contribution >= 0.6 is 0 Å². The van der Waals surface area contributed by atoms with Crippen molar-refractivity contribution in [3.05, 3.63) is 83.8 Å². The Morgan fingerprint density at radius 3 is 2.27 bits per heavy atom. The standard InChI is InChI=1S/C25H18F4N6O2/c1-36-17-11-31-25(33-24(17)32-13-7-9-30-10-8-13)22-14-5-3-4-6-16(14)35(34-22)12-15-18(26)20(28)23(37-2)21(29)19(15)27/h3-11H,12H2,1-2H3,(H,30,31,32,33). The molecule has 2 aromatic carbocycles. The van der Waals surface area contributed by atoms with Gasteiger partial charge < -0.3 is 14.8 Å². The van der Waals surface area contributed by atoms with Crippen LogP contribution in [-0.4, -0.2) is 39.0 Å². The number of ether oxygens (including phenoxy) is 2. The van der Waals surface area contributed by atoms with Crippen molar-refractivity contribution in [3.8, 4) is 23.0 Å². The molecule has 0 radical (unpaired) electrons. The summed E-state index contributed by atoms with van der Waals surface area (Å²) in [6, 6.07) is 10.3. The van der Waals surface area contributed by atoms with E-state index in [9.17, 15) is 17.6 Å². The number of methoxy groups -OCH3 is 2. The number of benzene rings is 2. The molecule has 0 saturated heterocycles. The van der Waals surface area contributed by atoms with Gasteiger partial charge in [0.05, 0.1) is 38.0 Å². The van der Waals surface area contributed by atoms with Crippen LogP contribution in [0.5, 0.6) is 11.5 Å². The highest BCUT2D eigenvalue weighted by Gasteiger charge is 2.27. The minimum absolute atomic E-state index is 0.181. The van der Waals surface area contributed by atoms with Crippen molar-refractivity contribution < 1.29 is 27.0 Å². The van der Waals surface area contributed by atoms with Crippen LogP contribution in [0, 0.1) is 23.3 Å². The van der Waals surface area contributed by atoms with E-state index in [1.807, 2.05) is 0 Å². The van der Waals surface area contributed by atoms with Gasteiger partial charge in [-0.2, -0.15) is 13.9 Å². The van der Waals surface area contributed by atoms with Gasteiger partial charge in [0, 0.05) is 23.5 Å². The molecule has 0 fully saturated rings. The Labute approximate surface area is 207 Å². The molecule has 3 heterocycles. The van der Waals surface area contributed by atoms with Crippen LogP contribution in [0.3, 0.4) is 0 Å². The Morgan fingerprint density at radius 1 is 0.892 bits per heavy atom. The van der Waals surface area contributed by atoms with Gasteiger partial charge in [0.1, 0.15) is 5.69 Å². The highest BCUT2D eigenvalue weighted by molar-refractivity contribution is 5.92. The topological polar surface area (TPSA) is 87.0 Å². The quantitative estimate of drug-likeness (QED) is 0.236. The molecule has 0 aliphatic rings. The number of halogens is 4. The van der Waals surface area contributed by atoms with Crippen LogP contribution in [0.25, 0.3) is 22.4 Å². The maximum atomic E-state index is 14.7. The number of nitrogens with one attached hydrogen (secondary N) is 1. The molecule has 12 heteroatoms. The minimum atomic E-state index is -1.63. The van der Waals surface area contributed by atoms with E-state index in [2.05, 4.69) is 30.1 Å². The maximum absolute atomic E-state index is 14.7. The molecule has 37 heavy (non-hydrogen) atoms. The summed E-state index contributed by atoms with van der Waals surface area (Å²) >= 11 is 0. The lowest BCUT2D eigenvalue weighted by Gasteiger charge is -2.11. The summed E-state index contributed by atoms with van der Waals surface area (Å²) in [5.41, 5.74) is 0.580. The fourth-order valence-electron chi connectivity index (χ4n) is 3.83. The van der Waals surface area contributed by atoms with E-state index in [-0.39, 0.29) is 11.5 Å². The van der Waals surface area contributed by atoms with E-state index in [1.165, 1.54) is 18.0 Å². The molecule has 0 unspecified atom stereocenters. The molecule has 0 spiro atoms. The summed E-state index contributed by atoms with van der Waals surface area (Å²) in [6.07, 6.45) is 4.66. The van der Waals surface area contributed by atoms with Crippen molar-refractivity contribution in [1.82, 2.24) is 24.7 Å². The average molecular weight is 510 g/mol. The highest BCUT2D eigenvalue weighted by atomic mass is 19.2. The largest absolute Gasteiger partial charge is 0.491 e. The minimum Gasteiger partial charge on any atom is -0.491 e. The predicted octanol–water partition coefficient (Wildman–Crippen LogP) is 5.25. The van der Waals surface area contributed by atoms with Crippen LogP contribution in [0.2, 0.25) is 0 Å². The second-order valence-corrected chi connectivity index (χ2v) is 7.76. The summed E-state index contributed by atoms with van der Waals surface area (Å²) in [7, 11) is 2.39. The van der Waals surface area contributed by atoms with Gasteiger partial charge in [0.15, 0.2) is 34.8 Å². The van der Waals surface area contributed by atoms with Crippen LogP contribution in [0.4, 0.5) is 29.1 Å². The molecular weight excluding hydrogens is 492 g/mol. The zero-order valence-electron chi connectivity index (χ0n) is 19.5. The molecule has 0 atom stereocenters. The number of hydrogen-bond donors (Lipinski definition) is 1. The lowest BCUT2D eigenvalue weighted by Crippen LogP contribution is -2.11. The van der Waals surface area contributed by atoms with Crippen LogP contribution < -0.4 is 14.8 Å². The van der Waals surface area contributed by atoms with Crippen LogP contribution in [0.15, 0.2) is 55.0 Å². The van der Waals surface area contributed by atoms with Crippen molar-refractivity contribution in [2.24, 2.45) is 0 Å². The molecule has 188 valence electrons. The molecule has 5 rings (SSSR count). The smallest absolute Gasteiger partial charge is 0.204 e. The SMILES string of the molecule is COc1cnc(-c2nn(Cc3c(F)c(F)c(OC)c(F)c3F)c3ccccc23)nc1Nc1ccncc1. The first-order valence-electron chi connectivity index (χ1n) is 10.9. The zero-order chi connectivity index (χ0) is 26.1. The maximum Gasteiger partial charge on any atom is 0.204 e. The molecule has 0 aliphatic heterocycles. The van der Waals surface area contributed by atoms with Crippen molar-refractivity contribution >= 4 is 22.4 Å². The van der Waals surface area contributed by atoms with Crippen molar-refractivity contribution in [3.63, 3.8) is 0 Å². The monoisotopic (exact) mass is 510 g/mol. The summed E-state index contributed by atoms with van der Waals surface area (Å²) in [6.45, 7) is -0.603. The summed E-state index contributed by atoms with van der Waals surface area (Å²) < 4.78 is 69.0. The van der Waals surface area contributed by atoms with Gasteiger partial charge >= 0.3 is 0 Å². The first-order valence-corrected chi connectivity index (χ1v) is 10.9. The Bertz CT molecular complexity index is 1580. The van der Waals surface area contributed by atoms with Crippen molar-refractivity contribution in [2.45, 2.75) is 6.54 Å². The molecule has 0 aliphatic carbocycles. The zero-order valence-corrected chi connectivity index (χ0v) is 19.5. The summed E-state index contributed by atoms with van der Waals surface area (Å²) in [5.74, 6) is -6.64. The number of anilines is 2. The molecule has 0 saturated carbocycles. The third-order valence-corrected chi connectivity index (χ3v) is 5.61. The van der Waals surface area contributed by atoms with E-state index in [0.717, 1.165) is 7.11 Å². The molecule has 5 aromatic rings. The fraction of sp³-hybridized carbons (Fsp3) is 0.120. The molecule has 8 nitrogen and oxygen atoms in total. The first kappa shape index (κ1) is 24.0. The normalized spacial score (nSPS) is 11.1. The van der Waals surface area contributed by atoms with Crippen LogP contribution in [-0.2, 0) is 6.54 Å². The van der Waals surface area contributed by atoms with Gasteiger partial charge in [-0.05, 0) is 18.2 Å². The highest BCUT2D eigenvalue weighted by Crippen LogP contribution is 2.33. The van der Waals surface area contributed by atoms with E-state index in [1.54, 1.807) is 48.8 Å². The van der Waals surface area contributed by atoms with Gasteiger partial charge in [-0.15, -0.1) is 0 Å². The van der Waals surface area contributed by atoms with E-state index in [0.29, 0.717) is 28.2 Å². The van der Waals surface area contributed by atoms with Crippen LogP contribution in [0.1, 0.15) is 5.56 Å². The molecule has 0 amide bonds. The van der Waals surface area contributed by atoms with Crippen molar-refractivity contribution in [1.29, 1.82) is 0 Å². The average Bonchev–Trinajstić information content (AvgIpc) is 3.29. The Balaban J connectivity index is 1.61. The van der Waals surface area contributed by atoms with E-state index in [4.69, 9.17) is 4.74 Å². The van der Waals surface area contributed by atoms with Gasteiger partial charge in [0.25, 0.3) is 0 Å². The fourth-order valence-corrected chi connectivity index (χ4v) is 3.83. The van der Waals surface area contributed by atoms with Gasteiger partial charge in [-0.25, -0.2) is 18.7 Å². The summed E-state index contributed by atoms with van der Waals surface area (Å²) in [5, 5.41) is 8.12. The van der Waals surface area contributed by atoms with Gasteiger partial charge in [0.2, 0.25) is 11.6 Å². The van der Waals surface area contributed by atoms with E-state index >= 15 is 0 Å². The molecule has 0 bridgehead atoms. The number of nitrogens with zero attached hydrogens (tertiary/aromatic N) is 5. The second kappa shape index (κ2) is 9.72. The predicted molar refractivity (Wildman–Crippen MR) is 127 cm³/mol. The second-order valence-electron chi connectivity index (χ2n) is 7.76. The summed E-state index contributed by atoms with van der Waals surface area (Å²) in [4.78, 5) is 12.8. The number of aromatic nitrogens is 5. The third-order valence-electron chi connectivity index (χ3n) is 5.61. The van der Waals surface area contributed by atoms with Gasteiger partial charge in [-0.1, -0.05) is 18.2 Å². The molecule has 1 N–H and O–H groups in total. The number of para-hydroxylation sites is 1. The number of rotatable bonds is 7. The first-order chi connectivity index (χ1) is 17.9. The Hall–Kier alpha value is -4.74. The molecular formula is C25H18F4N6O2. The van der Waals surface area contributed by atoms with E-state index < -0.39 is 41.1 Å².